The van der Waals surface area contributed by atoms with E-state index in [9.17, 15) is 0 Å². The van der Waals surface area contributed by atoms with Gasteiger partial charge < -0.3 is 5.32 Å². The van der Waals surface area contributed by atoms with Crippen LogP contribution in [-0.2, 0) is 0 Å². The first-order chi connectivity index (χ1) is 5.70. The minimum Gasteiger partial charge on any atom is -0.316 e. The smallest absolute Gasteiger partial charge is 0.0376 e. The van der Waals surface area contributed by atoms with Gasteiger partial charge in [0.1, 0.15) is 0 Å². The van der Waals surface area contributed by atoms with Crippen LogP contribution in [0.1, 0.15) is 13.3 Å². The summed E-state index contributed by atoms with van der Waals surface area (Å²) in [5.74, 6) is 0.528. The zero-order chi connectivity index (χ0) is 8.97. The van der Waals surface area contributed by atoms with E-state index in [1.165, 1.54) is 0 Å². The molecule has 1 saturated heterocycles. The number of hydrogen-bond donors (Lipinski definition) is 1. The lowest BCUT2D eigenvalue weighted by Gasteiger charge is -2.05. The first kappa shape index (κ1) is 9.20. The first-order valence-corrected chi connectivity index (χ1v) is 4.29. The molecule has 1 rings (SSSR count). The van der Waals surface area contributed by atoms with Crippen molar-refractivity contribution in [1.29, 1.82) is 0 Å². The lowest BCUT2D eigenvalue weighted by molar-refractivity contribution is 0.677. The molecule has 1 fully saturated rings. The Hall–Kier alpha value is -0.890. The van der Waals surface area contributed by atoms with Crippen molar-refractivity contribution in [2.75, 3.05) is 13.1 Å². The van der Waals surface area contributed by atoms with Gasteiger partial charge in [0.05, 0.1) is 0 Å². The van der Waals surface area contributed by atoms with Gasteiger partial charge in [-0.05, 0) is 25.5 Å². The predicted octanol–water partition coefficient (Wildman–Crippen LogP) is 1.76. The lowest BCUT2D eigenvalue weighted by atomic mass is 10.1. The Balaban J connectivity index is 2.42. The van der Waals surface area contributed by atoms with Crippen LogP contribution >= 0.6 is 0 Å². The number of hydrogen-bond acceptors (Lipinski definition) is 2. The highest BCUT2D eigenvalue weighted by Gasteiger charge is 2.16. The fourth-order valence-corrected chi connectivity index (χ4v) is 1.24. The second kappa shape index (κ2) is 4.21. The van der Waals surface area contributed by atoms with Crippen LogP contribution in [0.2, 0.25) is 0 Å². The second-order valence-corrected chi connectivity index (χ2v) is 3.29. The van der Waals surface area contributed by atoms with Crippen LogP contribution in [0, 0.1) is 5.92 Å². The van der Waals surface area contributed by atoms with E-state index >= 15 is 0 Å². The molecule has 1 unspecified atom stereocenters. The van der Waals surface area contributed by atoms with Crippen molar-refractivity contribution in [2.45, 2.75) is 13.3 Å². The average molecular weight is 164 g/mol. The molecule has 0 radical (unpaired) electrons. The molecular formula is C10H16N2. The van der Waals surface area contributed by atoms with Crippen LogP contribution in [0.5, 0.6) is 0 Å². The van der Waals surface area contributed by atoms with Crippen molar-refractivity contribution in [1.82, 2.24) is 5.32 Å². The van der Waals surface area contributed by atoms with Gasteiger partial charge in [-0.15, -0.1) is 0 Å². The Bertz CT molecular complexity index is 210. The molecule has 0 aliphatic carbocycles. The molecule has 0 saturated carbocycles. The highest BCUT2D eigenvalue weighted by atomic mass is 14.9. The molecule has 0 amide bonds. The largest absolute Gasteiger partial charge is 0.316 e. The third kappa shape index (κ3) is 2.62. The molecule has 0 bridgehead atoms. The summed E-state index contributed by atoms with van der Waals surface area (Å²) in [6, 6.07) is 0. The van der Waals surface area contributed by atoms with Crippen molar-refractivity contribution >= 4 is 6.21 Å². The highest BCUT2D eigenvalue weighted by Crippen LogP contribution is 2.17. The predicted molar refractivity (Wildman–Crippen MR) is 53.4 cm³/mol. The van der Waals surface area contributed by atoms with E-state index in [2.05, 4.69) is 23.5 Å². The SMILES string of the molecule is C=C(C)C=NC(=C)C1CCNC1. The number of nitrogens with zero attached hydrogens (tertiary/aromatic N) is 1. The number of rotatable bonds is 3. The Morgan fingerprint density at radius 3 is 2.83 bits per heavy atom. The summed E-state index contributed by atoms with van der Waals surface area (Å²) >= 11 is 0. The van der Waals surface area contributed by atoms with Crippen LogP contribution in [0.15, 0.2) is 29.4 Å². The molecule has 1 aliphatic rings. The Labute approximate surface area is 74.1 Å². The van der Waals surface area contributed by atoms with Gasteiger partial charge in [-0.25, -0.2) is 0 Å². The van der Waals surface area contributed by atoms with E-state index in [1.54, 1.807) is 6.21 Å². The monoisotopic (exact) mass is 164 g/mol. The second-order valence-electron chi connectivity index (χ2n) is 3.29. The third-order valence-electron chi connectivity index (χ3n) is 1.98. The van der Waals surface area contributed by atoms with Crippen molar-refractivity contribution in [3.05, 3.63) is 24.4 Å². The van der Waals surface area contributed by atoms with Gasteiger partial charge in [-0.3, -0.25) is 4.99 Å². The van der Waals surface area contributed by atoms with Crippen LogP contribution in [-0.4, -0.2) is 19.3 Å². The Morgan fingerprint density at radius 1 is 1.58 bits per heavy atom. The normalized spacial score (nSPS) is 23.2. The lowest BCUT2D eigenvalue weighted by Crippen LogP contribution is -2.09. The quantitative estimate of drug-likeness (QED) is 0.631. The van der Waals surface area contributed by atoms with E-state index < -0.39 is 0 Å². The molecule has 2 nitrogen and oxygen atoms in total. The highest BCUT2D eigenvalue weighted by molar-refractivity contribution is 5.77. The maximum absolute atomic E-state index is 4.25. The van der Waals surface area contributed by atoms with Crippen LogP contribution in [0.3, 0.4) is 0 Å². The molecule has 0 aromatic rings. The summed E-state index contributed by atoms with van der Waals surface area (Å²) in [6.07, 6.45) is 2.94. The Morgan fingerprint density at radius 2 is 2.33 bits per heavy atom. The van der Waals surface area contributed by atoms with E-state index in [1.807, 2.05) is 6.92 Å². The summed E-state index contributed by atoms with van der Waals surface area (Å²) in [6.45, 7) is 11.7. The van der Waals surface area contributed by atoms with Crippen molar-refractivity contribution < 1.29 is 0 Å². The number of allylic oxidation sites excluding steroid dienone is 1. The summed E-state index contributed by atoms with van der Waals surface area (Å²) in [5.41, 5.74) is 1.95. The van der Waals surface area contributed by atoms with Crippen molar-refractivity contribution in [2.24, 2.45) is 10.9 Å². The molecule has 1 aliphatic heterocycles. The van der Waals surface area contributed by atoms with Gasteiger partial charge in [0.15, 0.2) is 0 Å². The fourth-order valence-electron chi connectivity index (χ4n) is 1.24. The summed E-state index contributed by atoms with van der Waals surface area (Å²) in [7, 11) is 0. The maximum atomic E-state index is 4.25. The number of aliphatic imine (C=N–C) groups is 1. The van der Waals surface area contributed by atoms with Gasteiger partial charge >= 0.3 is 0 Å². The van der Waals surface area contributed by atoms with E-state index in [4.69, 9.17) is 0 Å². The molecular weight excluding hydrogens is 148 g/mol. The molecule has 0 spiro atoms. The molecule has 1 atom stereocenters. The van der Waals surface area contributed by atoms with Crippen LogP contribution in [0.4, 0.5) is 0 Å². The zero-order valence-electron chi connectivity index (χ0n) is 7.64. The van der Waals surface area contributed by atoms with Gasteiger partial charge in [0, 0.05) is 24.4 Å². The maximum Gasteiger partial charge on any atom is 0.0376 e. The van der Waals surface area contributed by atoms with Crippen molar-refractivity contribution in [3.8, 4) is 0 Å². The van der Waals surface area contributed by atoms with Crippen LogP contribution < -0.4 is 5.32 Å². The van der Waals surface area contributed by atoms with Gasteiger partial charge in [0.25, 0.3) is 0 Å². The zero-order valence-corrected chi connectivity index (χ0v) is 7.64. The number of nitrogens with one attached hydrogen (secondary N) is 1. The molecule has 0 aromatic carbocycles. The van der Waals surface area contributed by atoms with Crippen molar-refractivity contribution in [3.63, 3.8) is 0 Å². The summed E-state index contributed by atoms with van der Waals surface area (Å²) in [4.78, 5) is 4.25. The fraction of sp³-hybridized carbons (Fsp3) is 0.500. The average Bonchev–Trinajstić information content (AvgIpc) is 2.51. The molecule has 12 heavy (non-hydrogen) atoms. The summed E-state index contributed by atoms with van der Waals surface area (Å²) in [5, 5.41) is 3.28. The molecule has 1 N–H and O–H groups in total. The molecule has 66 valence electrons. The minimum absolute atomic E-state index is 0.528. The van der Waals surface area contributed by atoms with Gasteiger partial charge in [0.2, 0.25) is 0 Å². The topological polar surface area (TPSA) is 24.4 Å². The summed E-state index contributed by atoms with van der Waals surface area (Å²) < 4.78 is 0. The molecule has 1 heterocycles. The van der Waals surface area contributed by atoms with E-state index in [0.717, 1.165) is 30.8 Å². The van der Waals surface area contributed by atoms with Crippen LogP contribution in [0.25, 0.3) is 0 Å². The van der Waals surface area contributed by atoms with E-state index in [0.29, 0.717) is 5.92 Å². The molecule has 2 heteroatoms. The van der Waals surface area contributed by atoms with Gasteiger partial charge in [-0.1, -0.05) is 13.2 Å². The standard InChI is InChI=1S/C10H16N2/c1-8(2)6-12-9(3)10-4-5-11-7-10/h6,10-11H,1,3-5,7H2,2H3. The first-order valence-electron chi connectivity index (χ1n) is 4.29. The Kier molecular flexibility index (Phi) is 3.23. The van der Waals surface area contributed by atoms with E-state index in [-0.39, 0.29) is 0 Å². The van der Waals surface area contributed by atoms with Gasteiger partial charge in [-0.2, -0.15) is 0 Å². The molecule has 0 aromatic heterocycles. The third-order valence-corrected chi connectivity index (χ3v) is 1.98. The minimum atomic E-state index is 0.528.